The molecule has 0 bridgehead atoms. The van der Waals surface area contributed by atoms with E-state index in [9.17, 15) is 13.6 Å². The zero-order valence-corrected chi connectivity index (χ0v) is 12.9. The number of carbonyl (C=O) groups is 1. The minimum absolute atomic E-state index is 0.0429. The van der Waals surface area contributed by atoms with Crippen molar-refractivity contribution in [1.82, 2.24) is 0 Å². The van der Waals surface area contributed by atoms with Gasteiger partial charge in [0.25, 0.3) is 0 Å². The summed E-state index contributed by atoms with van der Waals surface area (Å²) in [5.41, 5.74) is 0.177. The van der Waals surface area contributed by atoms with Gasteiger partial charge in [-0.1, -0.05) is 18.2 Å². The molecule has 2 rings (SSSR count). The van der Waals surface area contributed by atoms with Crippen molar-refractivity contribution in [2.45, 2.75) is 20.0 Å². The van der Waals surface area contributed by atoms with Gasteiger partial charge in [-0.25, -0.2) is 8.78 Å². The number of nitrogens with one attached hydrogen (secondary N) is 2. The highest BCUT2D eigenvalue weighted by molar-refractivity contribution is 5.95. The van der Waals surface area contributed by atoms with Crippen molar-refractivity contribution in [2.24, 2.45) is 0 Å². The lowest BCUT2D eigenvalue weighted by Gasteiger charge is -2.15. The SMILES string of the molecule is CC(C)Oc1ccccc1NC(=O)CNc1c(F)cccc1F. The van der Waals surface area contributed by atoms with Gasteiger partial charge in [0, 0.05) is 0 Å². The summed E-state index contributed by atoms with van der Waals surface area (Å²) in [5.74, 6) is -1.40. The number of ether oxygens (including phenoxy) is 1. The van der Waals surface area contributed by atoms with Crippen LogP contribution < -0.4 is 15.4 Å². The van der Waals surface area contributed by atoms with Crippen LogP contribution in [0.2, 0.25) is 0 Å². The van der Waals surface area contributed by atoms with E-state index >= 15 is 0 Å². The van der Waals surface area contributed by atoms with E-state index in [-0.39, 0.29) is 18.3 Å². The van der Waals surface area contributed by atoms with Crippen LogP contribution in [0, 0.1) is 11.6 Å². The predicted molar refractivity (Wildman–Crippen MR) is 85.7 cm³/mol. The number of hydrogen-bond donors (Lipinski definition) is 2. The van der Waals surface area contributed by atoms with Crippen molar-refractivity contribution in [3.63, 3.8) is 0 Å². The maximum absolute atomic E-state index is 13.5. The first-order chi connectivity index (χ1) is 11.0. The van der Waals surface area contributed by atoms with Gasteiger partial charge in [-0.15, -0.1) is 0 Å². The predicted octanol–water partition coefficient (Wildman–Crippen LogP) is 3.80. The van der Waals surface area contributed by atoms with Crippen molar-refractivity contribution in [1.29, 1.82) is 0 Å². The third kappa shape index (κ3) is 4.67. The number of para-hydroxylation sites is 3. The first kappa shape index (κ1) is 16.7. The molecule has 4 nitrogen and oxygen atoms in total. The van der Waals surface area contributed by atoms with Crippen molar-refractivity contribution < 1.29 is 18.3 Å². The van der Waals surface area contributed by atoms with Crippen LogP contribution in [0.4, 0.5) is 20.2 Å². The first-order valence-electron chi connectivity index (χ1n) is 7.21. The van der Waals surface area contributed by atoms with Gasteiger partial charge in [0.05, 0.1) is 18.3 Å². The van der Waals surface area contributed by atoms with Crippen LogP contribution in [0.25, 0.3) is 0 Å². The van der Waals surface area contributed by atoms with Crippen LogP contribution >= 0.6 is 0 Å². The van der Waals surface area contributed by atoms with Gasteiger partial charge in [0.2, 0.25) is 5.91 Å². The van der Waals surface area contributed by atoms with Gasteiger partial charge >= 0.3 is 0 Å². The van der Waals surface area contributed by atoms with E-state index in [1.165, 1.54) is 6.07 Å². The Morgan fingerprint density at radius 3 is 2.39 bits per heavy atom. The second kappa shape index (κ2) is 7.58. The molecular weight excluding hydrogens is 302 g/mol. The Morgan fingerprint density at radius 2 is 1.74 bits per heavy atom. The lowest BCUT2D eigenvalue weighted by molar-refractivity contribution is -0.114. The summed E-state index contributed by atoms with van der Waals surface area (Å²) >= 11 is 0. The zero-order chi connectivity index (χ0) is 16.8. The average molecular weight is 320 g/mol. The van der Waals surface area contributed by atoms with Crippen molar-refractivity contribution in [3.05, 3.63) is 54.1 Å². The fourth-order valence-electron chi connectivity index (χ4n) is 1.96. The smallest absolute Gasteiger partial charge is 0.243 e. The molecule has 0 heterocycles. The van der Waals surface area contributed by atoms with Crippen LogP contribution in [-0.2, 0) is 4.79 Å². The highest BCUT2D eigenvalue weighted by Crippen LogP contribution is 2.25. The number of carbonyl (C=O) groups excluding carboxylic acids is 1. The Bertz CT molecular complexity index is 670. The molecule has 0 radical (unpaired) electrons. The third-order valence-corrected chi connectivity index (χ3v) is 2.91. The molecule has 23 heavy (non-hydrogen) atoms. The molecule has 0 fully saturated rings. The number of halogens is 2. The van der Waals surface area contributed by atoms with E-state index in [1.807, 2.05) is 13.8 Å². The van der Waals surface area contributed by atoms with Gasteiger partial charge < -0.3 is 15.4 Å². The van der Waals surface area contributed by atoms with Crippen LogP contribution in [0.1, 0.15) is 13.8 Å². The normalized spacial score (nSPS) is 10.5. The molecule has 2 N–H and O–H groups in total. The fourth-order valence-corrected chi connectivity index (χ4v) is 1.96. The Morgan fingerprint density at radius 1 is 1.09 bits per heavy atom. The number of anilines is 2. The molecule has 0 atom stereocenters. The second-order valence-electron chi connectivity index (χ2n) is 5.16. The summed E-state index contributed by atoms with van der Waals surface area (Å²) in [7, 11) is 0. The molecule has 2 aromatic carbocycles. The summed E-state index contributed by atoms with van der Waals surface area (Å²) in [6.45, 7) is 3.48. The van der Waals surface area contributed by atoms with Crippen LogP contribution in [0.3, 0.4) is 0 Å². The van der Waals surface area contributed by atoms with Crippen LogP contribution in [0.15, 0.2) is 42.5 Å². The van der Waals surface area contributed by atoms with Crippen LogP contribution in [-0.4, -0.2) is 18.6 Å². The molecule has 1 amide bonds. The molecular formula is C17H18F2N2O2. The Kier molecular flexibility index (Phi) is 5.51. The van der Waals surface area contributed by atoms with E-state index in [0.717, 1.165) is 12.1 Å². The maximum atomic E-state index is 13.5. The fraction of sp³-hybridized carbons (Fsp3) is 0.235. The number of benzene rings is 2. The molecule has 0 saturated carbocycles. The van der Waals surface area contributed by atoms with Crippen molar-refractivity contribution in [3.8, 4) is 5.75 Å². The summed E-state index contributed by atoms with van der Waals surface area (Å²) in [4.78, 5) is 12.0. The average Bonchev–Trinajstić information content (AvgIpc) is 2.48. The van der Waals surface area contributed by atoms with Crippen molar-refractivity contribution >= 4 is 17.3 Å². The molecule has 0 aliphatic carbocycles. The van der Waals surface area contributed by atoms with E-state index in [4.69, 9.17) is 4.74 Å². The summed E-state index contributed by atoms with van der Waals surface area (Å²) in [6.07, 6.45) is -0.0429. The highest BCUT2D eigenvalue weighted by atomic mass is 19.1. The minimum atomic E-state index is -0.749. The summed E-state index contributed by atoms with van der Waals surface area (Å²) < 4.78 is 32.6. The minimum Gasteiger partial charge on any atom is -0.489 e. The highest BCUT2D eigenvalue weighted by Gasteiger charge is 2.12. The van der Waals surface area contributed by atoms with Gasteiger partial charge in [-0.2, -0.15) is 0 Å². The zero-order valence-electron chi connectivity index (χ0n) is 12.9. The molecule has 0 saturated heterocycles. The van der Waals surface area contributed by atoms with Crippen LogP contribution in [0.5, 0.6) is 5.75 Å². The van der Waals surface area contributed by atoms with E-state index in [0.29, 0.717) is 11.4 Å². The van der Waals surface area contributed by atoms with E-state index in [2.05, 4.69) is 10.6 Å². The number of amides is 1. The van der Waals surface area contributed by atoms with E-state index in [1.54, 1.807) is 24.3 Å². The molecule has 0 aliphatic rings. The van der Waals surface area contributed by atoms with Gasteiger partial charge in [0.15, 0.2) is 0 Å². The molecule has 0 spiro atoms. The lowest BCUT2D eigenvalue weighted by Crippen LogP contribution is -2.23. The standard InChI is InChI=1S/C17H18F2N2O2/c1-11(2)23-15-9-4-3-8-14(15)21-16(22)10-20-17-12(18)6-5-7-13(17)19/h3-9,11,20H,10H2,1-2H3,(H,21,22). The largest absolute Gasteiger partial charge is 0.489 e. The quantitative estimate of drug-likeness (QED) is 0.851. The monoisotopic (exact) mass is 320 g/mol. The Balaban J connectivity index is 2.00. The maximum Gasteiger partial charge on any atom is 0.243 e. The molecule has 0 aromatic heterocycles. The molecule has 0 unspecified atom stereocenters. The van der Waals surface area contributed by atoms with Gasteiger partial charge in [-0.05, 0) is 38.1 Å². The Hall–Kier alpha value is -2.63. The number of hydrogen-bond acceptors (Lipinski definition) is 3. The topological polar surface area (TPSA) is 50.4 Å². The van der Waals surface area contributed by atoms with Crippen molar-refractivity contribution in [2.75, 3.05) is 17.2 Å². The molecule has 0 aliphatic heterocycles. The van der Waals surface area contributed by atoms with Gasteiger partial charge in [-0.3, -0.25) is 4.79 Å². The first-order valence-corrected chi connectivity index (χ1v) is 7.21. The molecule has 6 heteroatoms. The number of rotatable bonds is 6. The molecule has 2 aromatic rings. The summed E-state index contributed by atoms with van der Waals surface area (Å²) in [5, 5.41) is 5.11. The van der Waals surface area contributed by atoms with Gasteiger partial charge in [0.1, 0.15) is 23.1 Å². The Labute approximate surface area is 133 Å². The molecule has 122 valence electrons. The third-order valence-electron chi connectivity index (χ3n) is 2.91. The second-order valence-corrected chi connectivity index (χ2v) is 5.16. The lowest BCUT2D eigenvalue weighted by atomic mass is 10.2. The summed E-state index contributed by atoms with van der Waals surface area (Å²) in [6, 6.07) is 10.5. The van der Waals surface area contributed by atoms with E-state index < -0.39 is 17.5 Å².